The van der Waals surface area contributed by atoms with Crippen molar-refractivity contribution in [3.8, 4) is 11.5 Å². The highest BCUT2D eigenvalue weighted by atomic mass is 35.5. The molecule has 0 bridgehead atoms. The Balaban J connectivity index is 0.000000422. The molecule has 0 radical (unpaired) electrons. The number of methoxy groups -OCH3 is 2. The van der Waals surface area contributed by atoms with Crippen molar-refractivity contribution in [1.29, 1.82) is 0 Å². The van der Waals surface area contributed by atoms with Gasteiger partial charge < -0.3 is 80.8 Å². The minimum Gasteiger partial charge on any atom is -0.494 e. The molecule has 0 aliphatic rings. The summed E-state index contributed by atoms with van der Waals surface area (Å²) in [5.41, 5.74) is -0.500. The maximum absolute atomic E-state index is 14.1. The van der Waals surface area contributed by atoms with Gasteiger partial charge in [0.2, 0.25) is 29.7 Å². The van der Waals surface area contributed by atoms with Crippen LogP contribution in [-0.2, 0) is 20.8 Å². The number of amides is 1. The highest BCUT2D eigenvalue weighted by Gasteiger charge is 2.27. The fraction of sp³-hybridized carbons (Fsp3) is 0.400. The van der Waals surface area contributed by atoms with Gasteiger partial charge in [0.05, 0.1) is 64.5 Å². The lowest BCUT2D eigenvalue weighted by molar-refractivity contribution is -0.384. The van der Waals surface area contributed by atoms with E-state index in [9.17, 15) is 47.5 Å². The van der Waals surface area contributed by atoms with Gasteiger partial charge in [-0.05, 0) is 102 Å². The predicted molar refractivity (Wildman–Crippen MR) is 351 cm³/mol. The van der Waals surface area contributed by atoms with E-state index < -0.39 is 45.4 Å². The van der Waals surface area contributed by atoms with Crippen LogP contribution in [0.4, 0.5) is 86.9 Å². The molecule has 0 spiro atoms. The monoisotopic (exact) mass is 1310 g/mol. The molecule has 0 aliphatic heterocycles. The lowest BCUT2D eigenvalue weighted by atomic mass is 9.96. The number of likely N-dealkylation sites (N-methyl/N-ethyl adjacent to an activating group) is 6. The average molecular weight is 1310 g/mol. The zero-order valence-corrected chi connectivity index (χ0v) is 55.2. The van der Waals surface area contributed by atoms with Crippen molar-refractivity contribution >= 4 is 93.6 Å². The van der Waals surface area contributed by atoms with Crippen LogP contribution in [0.15, 0.2) is 85.5 Å². The number of nitrogens with one attached hydrogen (secondary N) is 5. The van der Waals surface area contributed by atoms with Crippen molar-refractivity contribution in [1.82, 2.24) is 49.5 Å². The standard InChI is InChI=1S/C30H41F2N9O3.C24H30F2N8O4.C6H11NO2.ClH/c1-30(2,43)19-14-20(31)21(32)15-22(19)36-28-33-18-34-29(38-28)37-24-16-23(35-27(42)10-9-11-39(3)4)25(17-26(24)44-8)41(7)13-12-40(5)6;1-24(2,35)14-9-15(25)16(26)10-17(14)29-22-27-13-28-23(31-22)30-18-11-20(34(36)37)19(12-21(18)38-6)33(5)8-7-32(3)4;1-7(2)5-3-4-6(8)9;/h9-10,14-18,43H,11-13H2,1-8H3,(H,35,42)(H2,33,34,36,37,38);9-13,35H,7-8H2,1-6H3,(H2,27,28,29,30,31);3-4H,5H2,1-2H3,(H,8,9);1H/b10-9+;;4-3+;. The summed E-state index contributed by atoms with van der Waals surface area (Å²) in [6.45, 7) is 9.72. The van der Waals surface area contributed by atoms with E-state index in [1.165, 1.54) is 60.4 Å². The highest BCUT2D eigenvalue weighted by molar-refractivity contribution is 6.02. The molecule has 6 aromatic rings. The van der Waals surface area contributed by atoms with E-state index in [-0.39, 0.29) is 76.0 Å². The normalized spacial score (nSPS) is 11.4. The molecule has 0 saturated carbocycles. The first-order valence-electron chi connectivity index (χ1n) is 28.0. The van der Waals surface area contributed by atoms with Crippen molar-refractivity contribution in [3.63, 3.8) is 0 Å². The van der Waals surface area contributed by atoms with E-state index >= 15 is 0 Å². The van der Waals surface area contributed by atoms with Gasteiger partial charge in [-0.3, -0.25) is 14.9 Å². The van der Waals surface area contributed by atoms with E-state index in [1.54, 1.807) is 42.3 Å². The van der Waals surface area contributed by atoms with Crippen LogP contribution in [0.25, 0.3) is 0 Å². The van der Waals surface area contributed by atoms with Crippen LogP contribution >= 0.6 is 12.4 Å². The molecule has 2 heterocycles. The number of hydrogen-bond donors (Lipinski definition) is 8. The molecular formula is C60H83ClF4N18O9. The smallest absolute Gasteiger partial charge is 0.328 e. The molecule has 0 saturated heterocycles. The first kappa shape index (κ1) is 77.1. The quantitative estimate of drug-likeness (QED) is 0.00990. The second-order valence-corrected chi connectivity index (χ2v) is 22.5. The topological polar surface area (TPSA) is 313 Å². The average Bonchev–Trinajstić information content (AvgIpc) is 0.845. The SMILES string of the molecule is CN(C)C/C=C/C(=O)O.COc1cc(N(C)CCN(C)C)c(NC(=O)/C=C/CN(C)C)cc1Nc1ncnc(Nc2cc(F)c(F)cc2C(C)(C)O)n1.COc1cc(N(C)CCN(C)C)c([N+](=O)[O-])cc1Nc1ncnc(Nc2cc(F)c(F)cc2C(C)(C)O)n1.Cl. The number of nitro benzene ring substituents is 1. The Hall–Kier alpha value is -9.11. The van der Waals surface area contributed by atoms with Gasteiger partial charge in [0, 0.05) is 107 Å². The number of nitro groups is 1. The summed E-state index contributed by atoms with van der Waals surface area (Å²) in [7, 11) is 22.0. The molecular weight excluding hydrogens is 1230 g/mol. The molecule has 2 aromatic heterocycles. The van der Waals surface area contributed by atoms with Gasteiger partial charge in [0.15, 0.2) is 23.3 Å². The molecule has 6 rings (SSSR count). The summed E-state index contributed by atoms with van der Waals surface area (Å²) in [5.74, 6) is -4.80. The summed E-state index contributed by atoms with van der Waals surface area (Å²) < 4.78 is 66.9. The van der Waals surface area contributed by atoms with E-state index in [0.717, 1.165) is 48.9 Å². The van der Waals surface area contributed by atoms with Gasteiger partial charge in [0.25, 0.3) is 5.69 Å². The number of hydrogen-bond acceptors (Lipinski definition) is 24. The van der Waals surface area contributed by atoms with Gasteiger partial charge in [-0.15, -0.1) is 12.4 Å². The summed E-state index contributed by atoms with van der Waals surface area (Å²) >= 11 is 0. The second-order valence-electron chi connectivity index (χ2n) is 22.5. The second kappa shape index (κ2) is 35.5. The summed E-state index contributed by atoms with van der Waals surface area (Å²) in [6, 6.07) is 10.0. The molecule has 32 heteroatoms. The maximum Gasteiger partial charge on any atom is 0.328 e. The predicted octanol–water partition coefficient (Wildman–Crippen LogP) is 8.32. The Kier molecular flexibility index (Phi) is 29.7. The Bertz CT molecular complexity index is 3500. The minimum atomic E-state index is -1.50. The number of aliphatic hydroxyl groups is 2. The fourth-order valence-electron chi connectivity index (χ4n) is 8.01. The van der Waals surface area contributed by atoms with E-state index in [0.29, 0.717) is 61.3 Å². The molecule has 502 valence electrons. The number of anilines is 11. The maximum atomic E-state index is 14.1. The molecule has 0 atom stereocenters. The molecule has 27 nitrogen and oxygen atoms in total. The van der Waals surface area contributed by atoms with Gasteiger partial charge in [-0.2, -0.15) is 9.97 Å². The number of carboxylic acid groups (broad SMARTS) is 1. The van der Waals surface area contributed by atoms with Gasteiger partial charge in [0.1, 0.15) is 29.8 Å². The van der Waals surface area contributed by atoms with Crippen molar-refractivity contribution in [2.75, 3.05) is 160 Å². The summed E-state index contributed by atoms with van der Waals surface area (Å²) in [6.07, 6.45) is 8.37. The molecule has 8 N–H and O–H groups in total. The lowest BCUT2D eigenvalue weighted by Gasteiger charge is -2.26. The number of carbonyl (C=O) groups is 2. The number of aliphatic carboxylic acids is 1. The number of aromatic nitrogens is 6. The summed E-state index contributed by atoms with van der Waals surface area (Å²) in [5, 5.41) is 55.4. The molecule has 0 fully saturated rings. The fourth-order valence-corrected chi connectivity index (χ4v) is 8.01. The van der Waals surface area contributed by atoms with Gasteiger partial charge >= 0.3 is 5.97 Å². The van der Waals surface area contributed by atoms with Gasteiger partial charge in [-0.25, -0.2) is 42.3 Å². The number of rotatable bonds is 28. The van der Waals surface area contributed by atoms with Crippen LogP contribution in [0.1, 0.15) is 38.8 Å². The number of halogens is 5. The molecule has 92 heavy (non-hydrogen) atoms. The van der Waals surface area contributed by atoms with Crippen molar-refractivity contribution in [2.45, 2.75) is 38.9 Å². The number of benzene rings is 4. The Morgan fingerprint density at radius 1 is 0.543 bits per heavy atom. The third-order valence-corrected chi connectivity index (χ3v) is 12.7. The van der Waals surface area contributed by atoms with Crippen molar-refractivity contribution in [2.24, 2.45) is 0 Å². The Morgan fingerprint density at radius 2 is 0.913 bits per heavy atom. The third kappa shape index (κ3) is 24.6. The van der Waals surface area contributed by atoms with Crippen LogP contribution in [0.2, 0.25) is 0 Å². The number of carboxylic acids is 1. The lowest BCUT2D eigenvalue weighted by Crippen LogP contribution is -2.29. The zero-order valence-electron chi connectivity index (χ0n) is 54.4. The van der Waals surface area contributed by atoms with E-state index in [1.807, 2.05) is 83.0 Å². The first-order chi connectivity index (χ1) is 42.6. The molecule has 0 unspecified atom stereocenters. The summed E-state index contributed by atoms with van der Waals surface area (Å²) in [4.78, 5) is 70.5. The number of ether oxygens (including phenoxy) is 2. The van der Waals surface area contributed by atoms with Crippen molar-refractivity contribution in [3.05, 3.63) is 130 Å². The molecule has 0 aliphatic carbocycles. The van der Waals surface area contributed by atoms with Crippen LogP contribution in [-0.4, -0.2) is 206 Å². The Morgan fingerprint density at radius 3 is 1.28 bits per heavy atom. The molecule has 4 aromatic carbocycles. The number of nitrogens with zero attached hydrogens (tertiary/aromatic N) is 13. The number of carbonyl (C=O) groups excluding carboxylic acids is 1. The Labute approximate surface area is 538 Å². The molecule has 1 amide bonds. The van der Waals surface area contributed by atoms with Gasteiger partial charge in [-0.1, -0.05) is 12.2 Å². The van der Waals surface area contributed by atoms with Crippen LogP contribution in [0.5, 0.6) is 11.5 Å². The zero-order chi connectivity index (χ0) is 68.1. The first-order valence-corrected chi connectivity index (χ1v) is 28.0. The van der Waals surface area contributed by atoms with Crippen molar-refractivity contribution < 1.29 is 56.9 Å². The van der Waals surface area contributed by atoms with Crippen LogP contribution in [0.3, 0.4) is 0 Å². The largest absolute Gasteiger partial charge is 0.494 e. The van der Waals surface area contributed by atoms with Crippen LogP contribution < -0.4 is 45.9 Å². The van der Waals surface area contributed by atoms with Crippen LogP contribution in [0, 0.1) is 33.4 Å². The van der Waals surface area contributed by atoms with E-state index in [4.69, 9.17) is 14.6 Å². The highest BCUT2D eigenvalue weighted by Crippen LogP contribution is 2.41. The third-order valence-electron chi connectivity index (χ3n) is 12.7. The van der Waals surface area contributed by atoms with E-state index in [2.05, 4.69) is 61.4 Å². The minimum absolute atomic E-state index is 0.